The normalized spacial score (nSPS) is 15.2. The number of non-ortho nitro benzene ring substituents is 1. The number of hydrogen-bond donors (Lipinski definition) is 1. The number of nitrogens with one attached hydrogen (secondary N) is 1. The van der Waals surface area contributed by atoms with Gasteiger partial charge in [0.15, 0.2) is 5.16 Å². The number of nitrogens with zero attached hydrogens (tertiary/aromatic N) is 4. The highest BCUT2D eigenvalue weighted by Gasteiger charge is 2.35. The van der Waals surface area contributed by atoms with Gasteiger partial charge in [0.1, 0.15) is 5.82 Å². The number of nitro groups is 1. The standard InChI is InChI=1S/C18H20F3N5O3S/c1-11-23-24-17(25(11)12-5-3-2-4-6-12)30-10-16(27)22-15-8-7-13(26(28)29)9-14(15)18(19,20)21/h7-9,12H,2-6,10H2,1H3,(H,22,27). The third-order valence-corrected chi connectivity index (χ3v) is 5.84. The van der Waals surface area contributed by atoms with E-state index < -0.39 is 33.9 Å². The van der Waals surface area contributed by atoms with Gasteiger partial charge in [0.2, 0.25) is 5.91 Å². The van der Waals surface area contributed by atoms with Crippen molar-refractivity contribution in [3.05, 3.63) is 39.7 Å². The SMILES string of the molecule is Cc1nnc(SCC(=O)Nc2ccc([N+](=O)[O-])cc2C(F)(F)F)n1C1CCCCC1. The van der Waals surface area contributed by atoms with Crippen LogP contribution in [0.2, 0.25) is 0 Å². The van der Waals surface area contributed by atoms with Crippen molar-refractivity contribution in [3.8, 4) is 0 Å². The van der Waals surface area contributed by atoms with Crippen LogP contribution < -0.4 is 5.32 Å². The number of thioether (sulfide) groups is 1. The highest BCUT2D eigenvalue weighted by atomic mass is 32.2. The average Bonchev–Trinajstić information content (AvgIpc) is 3.06. The van der Waals surface area contributed by atoms with Crippen LogP contribution >= 0.6 is 11.8 Å². The summed E-state index contributed by atoms with van der Waals surface area (Å²) in [5, 5.41) is 21.7. The maximum atomic E-state index is 13.3. The Bertz CT molecular complexity index is 942. The zero-order chi connectivity index (χ0) is 21.9. The largest absolute Gasteiger partial charge is 0.418 e. The summed E-state index contributed by atoms with van der Waals surface area (Å²) in [6, 6.07) is 2.47. The molecule has 0 unspecified atom stereocenters. The lowest BCUT2D eigenvalue weighted by atomic mass is 9.95. The van der Waals surface area contributed by atoms with Crippen LogP contribution in [-0.4, -0.2) is 31.3 Å². The highest BCUT2D eigenvalue weighted by molar-refractivity contribution is 7.99. The van der Waals surface area contributed by atoms with E-state index in [0.29, 0.717) is 11.2 Å². The van der Waals surface area contributed by atoms with E-state index >= 15 is 0 Å². The number of benzene rings is 1. The van der Waals surface area contributed by atoms with Crippen molar-refractivity contribution in [1.82, 2.24) is 14.8 Å². The second-order valence-corrected chi connectivity index (χ2v) is 7.96. The Kier molecular flexibility index (Phi) is 6.64. The number of hydrogen-bond acceptors (Lipinski definition) is 6. The lowest BCUT2D eigenvalue weighted by Crippen LogP contribution is -2.19. The molecule has 8 nitrogen and oxygen atoms in total. The highest BCUT2D eigenvalue weighted by Crippen LogP contribution is 2.37. The molecule has 1 aliphatic rings. The lowest BCUT2D eigenvalue weighted by molar-refractivity contribution is -0.385. The minimum absolute atomic E-state index is 0.168. The Balaban J connectivity index is 1.71. The average molecular weight is 443 g/mol. The van der Waals surface area contributed by atoms with Gasteiger partial charge in [-0.2, -0.15) is 13.2 Å². The molecule has 0 radical (unpaired) electrons. The molecule has 1 heterocycles. The van der Waals surface area contributed by atoms with Gasteiger partial charge in [0, 0.05) is 18.2 Å². The van der Waals surface area contributed by atoms with Crippen LogP contribution in [0.3, 0.4) is 0 Å². The summed E-state index contributed by atoms with van der Waals surface area (Å²) in [4.78, 5) is 22.1. The number of aryl methyl sites for hydroxylation is 1. The van der Waals surface area contributed by atoms with E-state index in [4.69, 9.17) is 0 Å². The van der Waals surface area contributed by atoms with E-state index in [-0.39, 0.29) is 11.8 Å². The molecule has 30 heavy (non-hydrogen) atoms. The molecule has 1 amide bonds. The van der Waals surface area contributed by atoms with E-state index in [1.165, 1.54) is 6.42 Å². The van der Waals surface area contributed by atoms with Gasteiger partial charge in [-0.15, -0.1) is 10.2 Å². The molecule has 1 saturated carbocycles. The van der Waals surface area contributed by atoms with Gasteiger partial charge in [0.25, 0.3) is 5.69 Å². The number of alkyl halides is 3. The Labute approximate surface area is 174 Å². The van der Waals surface area contributed by atoms with Gasteiger partial charge < -0.3 is 9.88 Å². The zero-order valence-electron chi connectivity index (χ0n) is 16.1. The van der Waals surface area contributed by atoms with Crippen molar-refractivity contribution in [1.29, 1.82) is 0 Å². The smallest absolute Gasteiger partial charge is 0.325 e. The minimum Gasteiger partial charge on any atom is -0.325 e. The van der Waals surface area contributed by atoms with Gasteiger partial charge in [-0.25, -0.2) is 0 Å². The predicted molar refractivity (Wildman–Crippen MR) is 104 cm³/mol. The van der Waals surface area contributed by atoms with Gasteiger partial charge in [-0.1, -0.05) is 31.0 Å². The molecule has 1 N–H and O–H groups in total. The van der Waals surface area contributed by atoms with Crippen LogP contribution in [0.15, 0.2) is 23.4 Å². The summed E-state index contributed by atoms with van der Waals surface area (Å²) in [5.74, 6) is -0.103. The van der Waals surface area contributed by atoms with Crippen LogP contribution in [0.5, 0.6) is 0 Å². The predicted octanol–water partition coefficient (Wildman–Crippen LogP) is 4.75. The fraction of sp³-hybridized carbons (Fsp3) is 0.500. The number of carbonyl (C=O) groups excluding carboxylic acids is 1. The van der Waals surface area contributed by atoms with Crippen molar-refractivity contribution >= 4 is 29.0 Å². The van der Waals surface area contributed by atoms with Gasteiger partial charge >= 0.3 is 6.18 Å². The zero-order valence-corrected chi connectivity index (χ0v) is 16.9. The lowest BCUT2D eigenvalue weighted by Gasteiger charge is -2.24. The number of aromatic nitrogens is 3. The molecule has 0 bridgehead atoms. The molecule has 0 saturated heterocycles. The fourth-order valence-electron chi connectivity index (χ4n) is 3.51. The molecule has 3 rings (SSSR count). The van der Waals surface area contributed by atoms with E-state index in [1.807, 2.05) is 11.5 Å². The second kappa shape index (κ2) is 9.02. The van der Waals surface area contributed by atoms with Crippen molar-refractivity contribution in [2.45, 2.75) is 56.4 Å². The first-order chi connectivity index (χ1) is 14.2. The van der Waals surface area contributed by atoms with Crippen molar-refractivity contribution in [2.24, 2.45) is 0 Å². The van der Waals surface area contributed by atoms with E-state index in [0.717, 1.165) is 55.4 Å². The maximum Gasteiger partial charge on any atom is 0.418 e. The molecule has 0 spiro atoms. The summed E-state index contributed by atoms with van der Waals surface area (Å²) in [6.07, 6.45) is 0.534. The number of carbonyl (C=O) groups is 1. The molecule has 2 aromatic rings. The molecule has 0 atom stereocenters. The molecule has 1 aliphatic carbocycles. The number of anilines is 1. The fourth-order valence-corrected chi connectivity index (χ4v) is 4.36. The minimum atomic E-state index is -4.85. The maximum absolute atomic E-state index is 13.3. The van der Waals surface area contributed by atoms with Crippen molar-refractivity contribution in [2.75, 3.05) is 11.1 Å². The van der Waals surface area contributed by atoms with Crippen LogP contribution in [0.25, 0.3) is 0 Å². The molecular formula is C18H20F3N5O3S. The monoisotopic (exact) mass is 443 g/mol. The summed E-state index contributed by atoms with van der Waals surface area (Å²) >= 11 is 1.10. The number of nitro benzene ring substituents is 1. The summed E-state index contributed by atoms with van der Waals surface area (Å²) in [5.41, 5.74) is -2.49. The molecule has 1 fully saturated rings. The van der Waals surface area contributed by atoms with E-state index in [9.17, 15) is 28.1 Å². The van der Waals surface area contributed by atoms with E-state index in [2.05, 4.69) is 15.5 Å². The number of halogens is 3. The van der Waals surface area contributed by atoms with Crippen molar-refractivity contribution in [3.63, 3.8) is 0 Å². The second-order valence-electron chi connectivity index (χ2n) is 7.01. The third-order valence-electron chi connectivity index (χ3n) is 4.90. The molecule has 1 aromatic carbocycles. The molecule has 1 aromatic heterocycles. The van der Waals surface area contributed by atoms with Crippen LogP contribution in [0, 0.1) is 17.0 Å². The van der Waals surface area contributed by atoms with Gasteiger partial charge in [-0.05, 0) is 25.8 Å². The third kappa shape index (κ3) is 5.10. The summed E-state index contributed by atoms with van der Waals surface area (Å²) < 4.78 is 41.8. The van der Waals surface area contributed by atoms with Crippen molar-refractivity contribution < 1.29 is 22.9 Å². The first-order valence-electron chi connectivity index (χ1n) is 9.36. The quantitative estimate of drug-likeness (QED) is 0.393. The molecule has 162 valence electrons. The summed E-state index contributed by atoms with van der Waals surface area (Å²) in [6.45, 7) is 1.83. The Morgan fingerprint density at radius 1 is 1.30 bits per heavy atom. The Morgan fingerprint density at radius 2 is 2.00 bits per heavy atom. The first kappa shape index (κ1) is 22.1. The number of rotatable bonds is 6. The van der Waals surface area contributed by atoms with Gasteiger partial charge in [0.05, 0.1) is 21.9 Å². The van der Waals surface area contributed by atoms with Gasteiger partial charge in [-0.3, -0.25) is 14.9 Å². The number of amides is 1. The van der Waals surface area contributed by atoms with Crippen LogP contribution in [0.4, 0.5) is 24.5 Å². The van der Waals surface area contributed by atoms with Crippen LogP contribution in [0.1, 0.15) is 49.5 Å². The molecule has 0 aliphatic heterocycles. The Hall–Kier alpha value is -2.63. The molecular weight excluding hydrogens is 423 g/mol. The van der Waals surface area contributed by atoms with E-state index in [1.54, 1.807) is 0 Å². The topological polar surface area (TPSA) is 103 Å². The van der Waals surface area contributed by atoms with Crippen LogP contribution in [-0.2, 0) is 11.0 Å². The Morgan fingerprint density at radius 3 is 2.63 bits per heavy atom. The first-order valence-corrected chi connectivity index (χ1v) is 10.3. The molecule has 12 heteroatoms. The summed E-state index contributed by atoms with van der Waals surface area (Å²) in [7, 11) is 0.